The summed E-state index contributed by atoms with van der Waals surface area (Å²) >= 11 is 11.8. The van der Waals surface area contributed by atoms with Gasteiger partial charge in [-0.3, -0.25) is 14.3 Å². The van der Waals surface area contributed by atoms with Gasteiger partial charge < -0.3 is 10.2 Å². The van der Waals surface area contributed by atoms with E-state index in [4.69, 9.17) is 23.2 Å². The summed E-state index contributed by atoms with van der Waals surface area (Å²) in [6.07, 6.45) is 1.80. The number of hydrogen-bond donors (Lipinski definition) is 1. The minimum Gasteiger partial charge on any atom is -0.339 e. The highest BCUT2D eigenvalue weighted by Gasteiger charge is 2.27. The summed E-state index contributed by atoms with van der Waals surface area (Å²) in [5.41, 5.74) is 4.62. The van der Waals surface area contributed by atoms with E-state index in [9.17, 15) is 14.0 Å². The first-order valence-corrected chi connectivity index (χ1v) is 12.2. The molecule has 0 saturated carbocycles. The van der Waals surface area contributed by atoms with Crippen molar-refractivity contribution in [2.24, 2.45) is 7.05 Å². The maximum atomic E-state index is 14.2. The standard InChI is InChI=1S/C26H27Cl2FN4O2/c1-15-20(16(2)32(3)31-15)13-25(34)30-19-6-4-17(5-7-19)18-8-10-33(11-9-18)26(35)21-12-22(27)23(28)14-24(21)29/h4-7,12,14,18H,8-11,13H2,1-3H3,(H,30,34). The average Bonchev–Trinajstić information content (AvgIpc) is 3.07. The van der Waals surface area contributed by atoms with Crippen LogP contribution in [0.5, 0.6) is 0 Å². The van der Waals surface area contributed by atoms with Crippen LogP contribution in [0.15, 0.2) is 36.4 Å². The van der Waals surface area contributed by atoms with Crippen molar-refractivity contribution in [3.8, 4) is 0 Å². The number of nitrogens with zero attached hydrogens (tertiary/aromatic N) is 3. The van der Waals surface area contributed by atoms with Gasteiger partial charge in [-0.1, -0.05) is 35.3 Å². The lowest BCUT2D eigenvalue weighted by Gasteiger charge is -2.32. The van der Waals surface area contributed by atoms with Crippen LogP contribution in [0.1, 0.15) is 51.6 Å². The van der Waals surface area contributed by atoms with E-state index in [-0.39, 0.29) is 39.8 Å². The third kappa shape index (κ3) is 5.52. The highest BCUT2D eigenvalue weighted by Crippen LogP contribution is 2.31. The number of carbonyl (C=O) groups excluding carboxylic acids is 2. The zero-order chi connectivity index (χ0) is 25.3. The van der Waals surface area contributed by atoms with E-state index in [0.29, 0.717) is 13.1 Å². The smallest absolute Gasteiger partial charge is 0.256 e. The average molecular weight is 517 g/mol. The van der Waals surface area contributed by atoms with E-state index in [1.54, 1.807) is 9.58 Å². The number of amides is 2. The van der Waals surface area contributed by atoms with Crippen LogP contribution in [-0.4, -0.2) is 39.6 Å². The second-order valence-corrected chi connectivity index (χ2v) is 9.75. The topological polar surface area (TPSA) is 67.2 Å². The zero-order valence-corrected chi connectivity index (χ0v) is 21.4. The Morgan fingerprint density at radius 2 is 1.71 bits per heavy atom. The largest absolute Gasteiger partial charge is 0.339 e. The summed E-state index contributed by atoms with van der Waals surface area (Å²) in [4.78, 5) is 27.0. The van der Waals surface area contributed by atoms with E-state index >= 15 is 0 Å². The number of aromatic nitrogens is 2. The molecule has 184 valence electrons. The molecule has 0 bridgehead atoms. The van der Waals surface area contributed by atoms with Crippen LogP contribution in [0.3, 0.4) is 0 Å². The van der Waals surface area contributed by atoms with Crippen molar-refractivity contribution in [1.29, 1.82) is 0 Å². The van der Waals surface area contributed by atoms with Crippen molar-refractivity contribution < 1.29 is 14.0 Å². The van der Waals surface area contributed by atoms with E-state index in [0.717, 1.165) is 47.1 Å². The van der Waals surface area contributed by atoms with E-state index in [1.165, 1.54) is 6.07 Å². The normalized spacial score (nSPS) is 14.3. The van der Waals surface area contributed by atoms with Crippen LogP contribution in [0.2, 0.25) is 10.0 Å². The Labute approximate surface area is 214 Å². The lowest BCUT2D eigenvalue weighted by atomic mass is 9.89. The predicted molar refractivity (Wildman–Crippen MR) is 136 cm³/mol. The summed E-state index contributed by atoms with van der Waals surface area (Å²) in [5, 5.41) is 7.56. The molecule has 0 unspecified atom stereocenters. The Balaban J connectivity index is 1.33. The Morgan fingerprint density at radius 1 is 1.09 bits per heavy atom. The minimum absolute atomic E-state index is 0.0605. The summed E-state index contributed by atoms with van der Waals surface area (Å²) in [6, 6.07) is 10.2. The SMILES string of the molecule is Cc1nn(C)c(C)c1CC(=O)Nc1ccc(C2CCN(C(=O)c3cc(Cl)c(Cl)cc3F)CC2)cc1. The van der Waals surface area contributed by atoms with Crippen molar-refractivity contribution in [1.82, 2.24) is 14.7 Å². The van der Waals surface area contributed by atoms with E-state index in [2.05, 4.69) is 10.4 Å². The van der Waals surface area contributed by atoms with Gasteiger partial charge in [-0.15, -0.1) is 0 Å². The van der Waals surface area contributed by atoms with Crippen LogP contribution in [-0.2, 0) is 18.3 Å². The predicted octanol–water partition coefficient (Wildman–Crippen LogP) is 5.68. The number of hydrogen-bond acceptors (Lipinski definition) is 3. The third-order valence-corrected chi connectivity index (χ3v) is 7.41. The number of piperidine rings is 1. The Morgan fingerprint density at radius 3 is 2.31 bits per heavy atom. The van der Waals surface area contributed by atoms with E-state index in [1.807, 2.05) is 45.2 Å². The Hall–Kier alpha value is -2.90. The van der Waals surface area contributed by atoms with Gasteiger partial charge in [-0.25, -0.2) is 4.39 Å². The van der Waals surface area contributed by atoms with Crippen LogP contribution < -0.4 is 5.32 Å². The van der Waals surface area contributed by atoms with Crippen molar-refractivity contribution in [3.63, 3.8) is 0 Å². The molecule has 2 amide bonds. The molecule has 1 N–H and O–H groups in total. The second kappa shape index (κ2) is 10.4. The molecule has 0 atom stereocenters. The zero-order valence-electron chi connectivity index (χ0n) is 19.9. The molecule has 1 aliphatic heterocycles. The molecule has 1 fully saturated rings. The molecule has 9 heteroatoms. The second-order valence-electron chi connectivity index (χ2n) is 8.93. The van der Waals surface area contributed by atoms with Crippen molar-refractivity contribution in [2.75, 3.05) is 18.4 Å². The molecular formula is C26H27Cl2FN4O2. The van der Waals surface area contributed by atoms with Crippen molar-refractivity contribution in [2.45, 2.75) is 39.0 Å². The maximum absolute atomic E-state index is 14.2. The molecule has 1 aliphatic rings. The van der Waals surface area contributed by atoms with Crippen molar-refractivity contribution >= 4 is 40.7 Å². The molecule has 2 heterocycles. The Bertz CT molecular complexity index is 1270. The summed E-state index contributed by atoms with van der Waals surface area (Å²) in [7, 11) is 1.87. The van der Waals surface area contributed by atoms with Gasteiger partial charge in [0.2, 0.25) is 5.91 Å². The number of aryl methyl sites for hydroxylation is 2. The first-order chi connectivity index (χ1) is 16.6. The molecule has 0 spiro atoms. The molecule has 1 saturated heterocycles. The number of anilines is 1. The van der Waals surface area contributed by atoms with Gasteiger partial charge in [0.15, 0.2) is 0 Å². The lowest BCUT2D eigenvalue weighted by molar-refractivity contribution is -0.115. The van der Waals surface area contributed by atoms with Gasteiger partial charge in [-0.05, 0) is 62.4 Å². The number of rotatable bonds is 5. The van der Waals surface area contributed by atoms with E-state index < -0.39 is 5.82 Å². The van der Waals surface area contributed by atoms with Crippen LogP contribution in [0.25, 0.3) is 0 Å². The van der Waals surface area contributed by atoms with Gasteiger partial charge in [0.05, 0.1) is 27.7 Å². The third-order valence-electron chi connectivity index (χ3n) is 6.68. The summed E-state index contributed by atoms with van der Waals surface area (Å²) in [5.74, 6) is -0.851. The molecule has 2 aromatic carbocycles. The fourth-order valence-corrected chi connectivity index (χ4v) is 4.86. The number of halogens is 3. The van der Waals surface area contributed by atoms with Gasteiger partial charge in [-0.2, -0.15) is 5.10 Å². The number of carbonyl (C=O) groups is 2. The monoisotopic (exact) mass is 516 g/mol. The van der Waals surface area contributed by atoms with Gasteiger partial charge in [0.1, 0.15) is 5.82 Å². The first kappa shape index (κ1) is 25.2. The van der Waals surface area contributed by atoms with Gasteiger partial charge in [0.25, 0.3) is 5.91 Å². The van der Waals surface area contributed by atoms with Crippen LogP contribution in [0, 0.1) is 19.7 Å². The molecular weight excluding hydrogens is 490 g/mol. The highest BCUT2D eigenvalue weighted by atomic mass is 35.5. The quantitative estimate of drug-likeness (QED) is 0.443. The number of benzene rings is 2. The van der Waals surface area contributed by atoms with Crippen LogP contribution in [0.4, 0.5) is 10.1 Å². The van der Waals surface area contributed by atoms with Gasteiger partial charge in [0, 0.05) is 37.1 Å². The molecule has 0 radical (unpaired) electrons. The lowest BCUT2D eigenvalue weighted by Crippen LogP contribution is -2.38. The van der Waals surface area contributed by atoms with Crippen LogP contribution >= 0.6 is 23.2 Å². The first-order valence-electron chi connectivity index (χ1n) is 11.5. The molecule has 3 aromatic rings. The summed E-state index contributed by atoms with van der Waals surface area (Å²) in [6.45, 7) is 4.90. The fraction of sp³-hybridized carbons (Fsp3) is 0.346. The van der Waals surface area contributed by atoms with Crippen molar-refractivity contribution in [3.05, 3.63) is 80.3 Å². The number of likely N-dealkylation sites (tertiary alicyclic amines) is 1. The molecule has 1 aromatic heterocycles. The molecule has 0 aliphatic carbocycles. The molecule has 6 nitrogen and oxygen atoms in total. The fourth-order valence-electron chi connectivity index (χ4n) is 4.55. The molecule has 35 heavy (non-hydrogen) atoms. The summed E-state index contributed by atoms with van der Waals surface area (Å²) < 4.78 is 16.0. The highest BCUT2D eigenvalue weighted by molar-refractivity contribution is 6.42. The number of nitrogens with one attached hydrogen (secondary N) is 1. The minimum atomic E-state index is -0.669. The van der Waals surface area contributed by atoms with Gasteiger partial charge >= 0.3 is 0 Å². The Kier molecular flexibility index (Phi) is 7.47. The maximum Gasteiger partial charge on any atom is 0.256 e. The molecule has 4 rings (SSSR count).